The monoisotopic (exact) mass is 264 g/mol. The van der Waals surface area contributed by atoms with Crippen LogP contribution in [0.2, 0.25) is 0 Å². The molecule has 0 radical (unpaired) electrons. The molecule has 1 aromatic carbocycles. The number of likely N-dealkylation sites (N-methyl/N-ethyl adjacent to an activating group) is 2. The number of hydrogen-bond acceptors (Lipinski definition) is 3. The maximum absolute atomic E-state index is 11.9. The molecule has 2 amide bonds. The molecule has 106 valence electrons. The van der Waals surface area contributed by atoms with Gasteiger partial charge in [0.15, 0.2) is 0 Å². The fourth-order valence-corrected chi connectivity index (χ4v) is 1.54. The maximum Gasteiger partial charge on any atom is 0.321 e. The number of nitrogens with one attached hydrogen (secondary N) is 1. The fraction of sp³-hybridized carbons (Fsp3) is 0.500. The number of amides is 2. The predicted octanol–water partition coefficient (Wildman–Crippen LogP) is 1.73. The minimum Gasteiger partial charge on any atom is -0.326 e. The molecule has 0 bridgehead atoms. The molecule has 0 aromatic heterocycles. The lowest BCUT2D eigenvalue weighted by Gasteiger charge is -2.20. The number of carbonyl (C=O) groups is 1. The van der Waals surface area contributed by atoms with Crippen LogP contribution in [0.5, 0.6) is 0 Å². The first-order valence-electron chi connectivity index (χ1n) is 6.42. The Morgan fingerprint density at radius 3 is 2.26 bits per heavy atom. The first kappa shape index (κ1) is 15.5. The van der Waals surface area contributed by atoms with Gasteiger partial charge in [0.05, 0.1) is 0 Å². The van der Waals surface area contributed by atoms with Crippen molar-refractivity contribution in [3.8, 4) is 0 Å². The number of urea groups is 1. The SMILES string of the molecule is CC(N)c1ccc(NC(=O)N(C)CCN(C)C)cc1. The summed E-state index contributed by atoms with van der Waals surface area (Å²) in [4.78, 5) is 15.6. The van der Waals surface area contributed by atoms with Crippen LogP contribution in [0, 0.1) is 0 Å². The van der Waals surface area contributed by atoms with Crippen molar-refractivity contribution in [3.05, 3.63) is 29.8 Å². The van der Waals surface area contributed by atoms with Crippen LogP contribution in [0.3, 0.4) is 0 Å². The second-order valence-electron chi connectivity index (χ2n) is 5.07. The summed E-state index contributed by atoms with van der Waals surface area (Å²) in [5, 5.41) is 2.86. The molecule has 0 aliphatic heterocycles. The maximum atomic E-state index is 11.9. The second-order valence-corrected chi connectivity index (χ2v) is 5.07. The van der Waals surface area contributed by atoms with Crippen LogP contribution >= 0.6 is 0 Å². The van der Waals surface area contributed by atoms with Crippen molar-refractivity contribution in [3.63, 3.8) is 0 Å². The summed E-state index contributed by atoms with van der Waals surface area (Å²) in [5.41, 5.74) is 7.62. The molecule has 0 saturated carbocycles. The van der Waals surface area contributed by atoms with E-state index in [1.165, 1.54) is 0 Å². The van der Waals surface area contributed by atoms with Gasteiger partial charge in [0, 0.05) is 31.9 Å². The number of rotatable bonds is 5. The van der Waals surface area contributed by atoms with Gasteiger partial charge in [-0.2, -0.15) is 0 Å². The van der Waals surface area contributed by atoms with Gasteiger partial charge in [0.1, 0.15) is 0 Å². The predicted molar refractivity (Wildman–Crippen MR) is 79.2 cm³/mol. The van der Waals surface area contributed by atoms with Gasteiger partial charge in [-0.05, 0) is 38.7 Å². The molecule has 1 aromatic rings. The molecule has 0 saturated heterocycles. The van der Waals surface area contributed by atoms with E-state index in [0.717, 1.165) is 17.8 Å². The Balaban J connectivity index is 2.51. The highest BCUT2D eigenvalue weighted by Crippen LogP contribution is 2.14. The van der Waals surface area contributed by atoms with Gasteiger partial charge in [-0.1, -0.05) is 12.1 Å². The molecule has 0 heterocycles. The summed E-state index contributed by atoms with van der Waals surface area (Å²) in [7, 11) is 5.76. The third-order valence-electron chi connectivity index (χ3n) is 2.92. The van der Waals surface area contributed by atoms with E-state index in [2.05, 4.69) is 5.32 Å². The Morgan fingerprint density at radius 2 is 1.79 bits per heavy atom. The molecular weight excluding hydrogens is 240 g/mol. The van der Waals surface area contributed by atoms with Crippen molar-refractivity contribution < 1.29 is 4.79 Å². The minimum absolute atomic E-state index is 0.00696. The van der Waals surface area contributed by atoms with E-state index in [-0.39, 0.29) is 12.1 Å². The molecule has 5 heteroatoms. The first-order valence-corrected chi connectivity index (χ1v) is 6.42. The zero-order valence-corrected chi connectivity index (χ0v) is 12.2. The highest BCUT2D eigenvalue weighted by molar-refractivity contribution is 5.89. The van der Waals surface area contributed by atoms with Crippen molar-refractivity contribution in [1.29, 1.82) is 0 Å². The van der Waals surface area contributed by atoms with Crippen molar-refractivity contribution in [2.75, 3.05) is 39.5 Å². The average Bonchev–Trinajstić information content (AvgIpc) is 2.36. The van der Waals surface area contributed by atoms with Crippen molar-refractivity contribution in [2.45, 2.75) is 13.0 Å². The number of nitrogens with zero attached hydrogens (tertiary/aromatic N) is 2. The molecule has 0 fully saturated rings. The number of benzene rings is 1. The molecule has 1 atom stereocenters. The van der Waals surface area contributed by atoms with Gasteiger partial charge < -0.3 is 20.9 Å². The molecule has 0 aliphatic rings. The topological polar surface area (TPSA) is 61.6 Å². The van der Waals surface area contributed by atoms with Gasteiger partial charge in [0.2, 0.25) is 0 Å². The minimum atomic E-state index is -0.101. The van der Waals surface area contributed by atoms with E-state index in [4.69, 9.17) is 5.73 Å². The van der Waals surface area contributed by atoms with Crippen molar-refractivity contribution in [1.82, 2.24) is 9.80 Å². The Labute approximate surface area is 115 Å². The van der Waals surface area contributed by atoms with Crippen molar-refractivity contribution in [2.24, 2.45) is 5.73 Å². The summed E-state index contributed by atoms with van der Waals surface area (Å²) < 4.78 is 0. The van der Waals surface area contributed by atoms with E-state index < -0.39 is 0 Å². The molecule has 0 spiro atoms. The van der Waals surface area contributed by atoms with E-state index >= 15 is 0 Å². The zero-order chi connectivity index (χ0) is 14.4. The Morgan fingerprint density at radius 1 is 1.21 bits per heavy atom. The van der Waals surface area contributed by atoms with Crippen LogP contribution in [0.25, 0.3) is 0 Å². The van der Waals surface area contributed by atoms with Crippen LogP contribution in [0.1, 0.15) is 18.5 Å². The van der Waals surface area contributed by atoms with E-state index in [1.807, 2.05) is 50.2 Å². The second kappa shape index (κ2) is 7.11. The quantitative estimate of drug-likeness (QED) is 0.851. The lowest BCUT2D eigenvalue weighted by Crippen LogP contribution is -2.36. The molecule has 1 rings (SSSR count). The molecule has 3 N–H and O–H groups in total. The smallest absolute Gasteiger partial charge is 0.321 e. The molecular formula is C14H24N4O. The standard InChI is InChI=1S/C14H24N4O/c1-11(15)12-5-7-13(8-6-12)16-14(19)18(4)10-9-17(2)3/h5-8,11H,9-10,15H2,1-4H3,(H,16,19). The lowest BCUT2D eigenvalue weighted by molar-refractivity contribution is 0.217. The lowest BCUT2D eigenvalue weighted by atomic mass is 10.1. The van der Waals surface area contributed by atoms with E-state index in [9.17, 15) is 4.79 Å². The Bertz CT molecular complexity index is 400. The van der Waals surface area contributed by atoms with E-state index in [1.54, 1.807) is 11.9 Å². The molecule has 19 heavy (non-hydrogen) atoms. The van der Waals surface area contributed by atoms with Gasteiger partial charge in [0.25, 0.3) is 0 Å². The third-order valence-corrected chi connectivity index (χ3v) is 2.92. The van der Waals surface area contributed by atoms with Gasteiger partial charge in [-0.3, -0.25) is 0 Å². The summed E-state index contributed by atoms with van der Waals surface area (Å²) in [6.07, 6.45) is 0. The fourth-order valence-electron chi connectivity index (χ4n) is 1.54. The van der Waals surface area contributed by atoms with Crippen LogP contribution in [0.4, 0.5) is 10.5 Å². The van der Waals surface area contributed by atoms with Gasteiger partial charge >= 0.3 is 6.03 Å². The van der Waals surface area contributed by atoms with Crippen LogP contribution in [-0.4, -0.2) is 50.1 Å². The molecule has 1 unspecified atom stereocenters. The summed E-state index contributed by atoms with van der Waals surface area (Å²) in [6.45, 7) is 3.47. The normalized spacial score (nSPS) is 12.3. The van der Waals surface area contributed by atoms with Crippen LogP contribution < -0.4 is 11.1 Å². The Hall–Kier alpha value is -1.59. The summed E-state index contributed by atoms with van der Waals surface area (Å²) in [5.74, 6) is 0. The molecule has 0 aliphatic carbocycles. The van der Waals surface area contributed by atoms with Crippen LogP contribution in [0.15, 0.2) is 24.3 Å². The highest BCUT2D eigenvalue weighted by atomic mass is 16.2. The van der Waals surface area contributed by atoms with Crippen molar-refractivity contribution >= 4 is 11.7 Å². The number of anilines is 1. The number of nitrogens with two attached hydrogens (primary N) is 1. The van der Waals surface area contributed by atoms with Crippen LogP contribution in [-0.2, 0) is 0 Å². The summed E-state index contributed by atoms with van der Waals surface area (Å²) >= 11 is 0. The summed E-state index contributed by atoms with van der Waals surface area (Å²) in [6, 6.07) is 7.51. The average molecular weight is 264 g/mol. The number of hydrogen-bond donors (Lipinski definition) is 2. The zero-order valence-electron chi connectivity index (χ0n) is 12.2. The largest absolute Gasteiger partial charge is 0.326 e. The third kappa shape index (κ3) is 5.28. The highest BCUT2D eigenvalue weighted by Gasteiger charge is 2.09. The Kier molecular flexibility index (Phi) is 5.79. The van der Waals surface area contributed by atoms with E-state index in [0.29, 0.717) is 6.54 Å². The van der Waals surface area contributed by atoms with Gasteiger partial charge in [-0.15, -0.1) is 0 Å². The van der Waals surface area contributed by atoms with Gasteiger partial charge in [-0.25, -0.2) is 4.79 Å². The molecule has 5 nitrogen and oxygen atoms in total. The number of carbonyl (C=O) groups excluding carboxylic acids is 1. The first-order chi connectivity index (χ1) is 8.90.